The highest BCUT2D eigenvalue weighted by molar-refractivity contribution is 5.92. The lowest BCUT2D eigenvalue weighted by Gasteiger charge is -2.06. The molecule has 0 fully saturated rings. The molecule has 10 aromatic heterocycles. The molecule has 0 atom stereocenters. The van der Waals surface area contributed by atoms with Crippen molar-refractivity contribution in [2.45, 2.75) is 235 Å². The number of benzene rings is 6. The molecule has 0 amide bonds. The Hall–Kier alpha value is -10.1. The molecule has 10 heterocycles. The van der Waals surface area contributed by atoms with Crippen LogP contribution in [0, 0.1) is 48.5 Å². The summed E-state index contributed by atoms with van der Waals surface area (Å²) < 4.78 is 38.2. The quantitative estimate of drug-likeness (QED) is 0.0343. The van der Waals surface area contributed by atoms with Crippen molar-refractivity contribution in [1.29, 1.82) is 0 Å². The van der Waals surface area contributed by atoms with Crippen molar-refractivity contribution in [2.24, 2.45) is 0 Å². The summed E-state index contributed by atoms with van der Waals surface area (Å²) in [5.41, 5.74) is 9.32. The third kappa shape index (κ3) is 29.3. The molecule has 17 rings (SSSR count). The molecule has 0 unspecified atom stereocenters. The van der Waals surface area contributed by atoms with Gasteiger partial charge < -0.3 is 28.4 Å². The van der Waals surface area contributed by atoms with Gasteiger partial charge in [0.25, 0.3) is 0 Å². The van der Waals surface area contributed by atoms with Gasteiger partial charge in [-0.25, -0.2) is 0 Å². The van der Waals surface area contributed by atoms with E-state index in [1.54, 1.807) is 0 Å². The highest BCUT2D eigenvalue weighted by Crippen LogP contribution is 2.26. The van der Waals surface area contributed by atoms with Crippen LogP contribution in [0.25, 0.3) is 108 Å². The molecular weight excluding hydrogens is 1430 g/mol. The van der Waals surface area contributed by atoms with Gasteiger partial charge in [-0.3, -0.25) is 19.9 Å². The average Bonchev–Trinajstić information content (AvgIpc) is 0.813. The lowest BCUT2D eigenvalue weighted by atomic mass is 10.1. The molecule has 17 aromatic rings. The molecule has 600 valence electrons. The summed E-state index contributed by atoms with van der Waals surface area (Å²) >= 11 is 0. The number of nitrogens with zero attached hydrogens (tertiary/aromatic N) is 4. The SMILES string of the molecule is CCCCCCOCc1cc2c#cc3cc(COCCCCCC)cc(c3)c3ccc(nc3)c3ccc(cn3)c3cc(COCCCCCC)cc(c#cc4cc(COCCCCCC)cc(c#cc5cc(COCCCCCC)cc(c5)c5ccc(nc5)c5ccc(cn5)c5cc(COCCCCCC)cc(c#cc(c1)c2)c5)c4)c3. The van der Waals surface area contributed by atoms with Crippen LogP contribution in [0.3, 0.4) is 0 Å². The van der Waals surface area contributed by atoms with E-state index >= 15 is 0 Å². The molecule has 10 heteroatoms. The fraction of sp³-hybridized carbons (Fsp3) is 0.396. The van der Waals surface area contributed by atoms with Crippen LogP contribution in [0.2, 0.25) is 0 Å². The number of unbranched alkanes of at least 4 members (excludes halogenated alkanes) is 18. The molecule has 0 aliphatic carbocycles. The van der Waals surface area contributed by atoms with Gasteiger partial charge in [0.05, 0.1) is 61.7 Å². The number of ether oxygens (including phenoxy) is 6. The van der Waals surface area contributed by atoms with Gasteiger partial charge >= 0.3 is 0 Å². The number of hydrogen-bond donors (Lipinski definition) is 0. The number of pyridine rings is 4. The summed E-state index contributed by atoms with van der Waals surface area (Å²) in [6, 6.07) is 84.3. The van der Waals surface area contributed by atoms with Crippen molar-refractivity contribution in [2.75, 3.05) is 39.6 Å². The molecule has 0 aliphatic heterocycles. The lowest BCUT2D eigenvalue weighted by Crippen LogP contribution is -1.95. The van der Waals surface area contributed by atoms with Crippen LogP contribution in [0.4, 0.5) is 0 Å². The molecule has 10 nitrogen and oxygen atoms in total. The predicted octanol–water partition coefficient (Wildman–Crippen LogP) is 28.0. The second-order valence-corrected chi connectivity index (χ2v) is 30.9. The van der Waals surface area contributed by atoms with Crippen LogP contribution >= 0.6 is 0 Å². The van der Waals surface area contributed by atoms with Gasteiger partial charge in [0, 0.05) is 129 Å². The predicted molar refractivity (Wildman–Crippen MR) is 483 cm³/mol. The molecular formula is C106H120N4O6. The Balaban J connectivity index is 1.09. The third-order valence-corrected chi connectivity index (χ3v) is 20.7. The monoisotopic (exact) mass is 1540 g/mol. The van der Waals surface area contributed by atoms with Gasteiger partial charge in [0.15, 0.2) is 0 Å². The Morgan fingerprint density at radius 1 is 0.190 bits per heavy atom. The van der Waals surface area contributed by atoms with Gasteiger partial charge in [-0.15, -0.1) is 0 Å². The molecule has 0 saturated heterocycles. The third-order valence-electron chi connectivity index (χ3n) is 20.7. The van der Waals surface area contributed by atoms with Crippen molar-refractivity contribution < 1.29 is 28.4 Å². The van der Waals surface area contributed by atoms with E-state index in [0.29, 0.717) is 79.3 Å². The van der Waals surface area contributed by atoms with Gasteiger partial charge in [0.1, 0.15) is 0 Å². The molecule has 0 aliphatic rings. The zero-order valence-corrected chi connectivity index (χ0v) is 70.0. The fourth-order valence-corrected chi connectivity index (χ4v) is 14.3. The Kier molecular flexibility index (Phi) is 36.7. The van der Waals surface area contributed by atoms with E-state index in [4.69, 9.17) is 48.4 Å². The van der Waals surface area contributed by atoms with Crippen molar-refractivity contribution in [3.63, 3.8) is 0 Å². The molecule has 7 aromatic carbocycles. The maximum absolute atomic E-state index is 6.36. The van der Waals surface area contributed by atoms with Gasteiger partial charge in [-0.1, -0.05) is 230 Å². The minimum atomic E-state index is 0.457. The van der Waals surface area contributed by atoms with Crippen LogP contribution < -0.4 is 0 Å². The lowest BCUT2D eigenvalue weighted by molar-refractivity contribution is 0.117. The first-order valence-corrected chi connectivity index (χ1v) is 43.4. The highest BCUT2D eigenvalue weighted by Gasteiger charge is 2.08. The first kappa shape index (κ1) is 86.8. The van der Waals surface area contributed by atoms with E-state index in [-0.39, 0.29) is 0 Å². The number of hydrogen-bond acceptors (Lipinski definition) is 10. The molecule has 0 radical (unpaired) electrons. The van der Waals surface area contributed by atoms with E-state index in [0.717, 1.165) is 219 Å². The standard InChI is InChI=1S/C106H120N4O6/c1-7-13-19-25-47-111-75-89-55-81-31-35-85-59-91(77-113-49-27-21-15-9-3)67-99(63-85)95-39-43-103(107-71-95)105-45-41-97(73-109-105)101-65-87(61-93(69-101)79-115-51-29-23-17-11-5)37-33-83-54-84(58-90(57-83)76-112-48-26-20-14-8-2)34-38-88-62-94(80-116-52-30-24-18-12-6)70-102(66-88)98-42-46-106(110-74-98)104-44-40-96(72-108-104)100-64-86(36-32-82(53-81)56-89)60-92(68-100)78-114-50-28-22-16-10-4/h39-46,53-74H,7-30,47-52,75-80H2,1-6H3. The maximum Gasteiger partial charge on any atom is 0.0886 e. The second-order valence-electron chi connectivity index (χ2n) is 30.9. The Bertz CT molecular complexity index is 4650. The molecule has 0 N–H and O–H groups in total. The fourth-order valence-electron chi connectivity index (χ4n) is 14.3. The summed E-state index contributed by atoms with van der Waals surface area (Å²) in [6.07, 6.45) is 35.0. The van der Waals surface area contributed by atoms with Gasteiger partial charge in [-0.2, -0.15) is 0 Å². The van der Waals surface area contributed by atoms with Crippen molar-refractivity contribution in [1.82, 2.24) is 19.9 Å². The zero-order chi connectivity index (χ0) is 80.4. The second kappa shape index (κ2) is 49.1. The van der Waals surface area contributed by atoms with E-state index < -0.39 is 0 Å². The molecule has 20 bridgehead atoms. The molecule has 116 heavy (non-hydrogen) atoms. The van der Waals surface area contributed by atoms with Gasteiger partial charge in [0.2, 0.25) is 0 Å². The van der Waals surface area contributed by atoms with Crippen LogP contribution in [0.1, 0.15) is 229 Å². The first-order chi connectivity index (χ1) is 57.2. The largest absolute Gasteiger partial charge is 0.377 e. The first-order valence-electron chi connectivity index (χ1n) is 43.4. The topological polar surface area (TPSA) is 107 Å². The van der Waals surface area contributed by atoms with E-state index in [9.17, 15) is 0 Å². The summed E-state index contributed by atoms with van der Waals surface area (Å²) in [5.74, 6) is 0. The van der Waals surface area contributed by atoms with E-state index in [1.165, 1.54) is 77.0 Å². The average molecular weight is 1550 g/mol. The highest BCUT2D eigenvalue weighted by atomic mass is 16.5. The minimum absolute atomic E-state index is 0.457. The molecule has 0 spiro atoms. The normalized spacial score (nSPS) is 11.2. The minimum Gasteiger partial charge on any atom is -0.377 e. The zero-order valence-electron chi connectivity index (χ0n) is 70.0. The molecule has 0 saturated carbocycles. The maximum atomic E-state index is 6.36. The summed E-state index contributed by atoms with van der Waals surface area (Å²) in [6.45, 7) is 20.4. The summed E-state index contributed by atoms with van der Waals surface area (Å²) in [7, 11) is 0. The number of aromatic nitrogens is 4. The summed E-state index contributed by atoms with van der Waals surface area (Å²) in [4.78, 5) is 20.3. The van der Waals surface area contributed by atoms with Crippen LogP contribution in [-0.4, -0.2) is 59.6 Å². The Labute approximate surface area is 691 Å². The number of rotatable bonds is 42. The summed E-state index contributed by atoms with van der Waals surface area (Å²) in [5, 5.41) is 14.8. The Morgan fingerprint density at radius 3 is 0.543 bits per heavy atom. The Morgan fingerprint density at radius 2 is 0.371 bits per heavy atom. The van der Waals surface area contributed by atoms with Crippen molar-refractivity contribution in [3.8, 4) is 0 Å². The van der Waals surface area contributed by atoms with Crippen LogP contribution in [0.15, 0.2) is 183 Å². The van der Waals surface area contributed by atoms with Crippen molar-refractivity contribution in [3.05, 3.63) is 264 Å². The van der Waals surface area contributed by atoms with Crippen LogP contribution in [-0.2, 0) is 68.1 Å². The van der Waals surface area contributed by atoms with E-state index in [1.807, 2.05) is 24.8 Å². The smallest absolute Gasteiger partial charge is 0.0886 e. The van der Waals surface area contributed by atoms with Crippen molar-refractivity contribution >= 4 is 108 Å². The van der Waals surface area contributed by atoms with Crippen LogP contribution in [0.5, 0.6) is 0 Å². The van der Waals surface area contributed by atoms with Gasteiger partial charge in [-0.05, 0) is 227 Å². The van der Waals surface area contributed by atoms with E-state index in [2.05, 4.69) is 248 Å².